The van der Waals surface area contributed by atoms with Crippen molar-refractivity contribution in [2.24, 2.45) is 23.5 Å². The Bertz CT molecular complexity index is 1110. The third-order valence-corrected chi connectivity index (χ3v) is 8.05. The summed E-state index contributed by atoms with van der Waals surface area (Å²) in [5.41, 5.74) is 10.3. The molecule has 186 valence electrons. The van der Waals surface area contributed by atoms with Crippen LogP contribution in [0, 0.1) is 17.8 Å². The summed E-state index contributed by atoms with van der Waals surface area (Å²) >= 11 is 6.48. The maximum Gasteiger partial charge on any atom is 0.227 e. The summed E-state index contributed by atoms with van der Waals surface area (Å²) in [5, 5.41) is 3.59. The van der Waals surface area contributed by atoms with Gasteiger partial charge in [0.2, 0.25) is 5.91 Å². The molecule has 6 heteroatoms. The molecule has 3 N–H and O–H groups in total. The van der Waals surface area contributed by atoms with Crippen LogP contribution in [-0.4, -0.2) is 18.8 Å². The molecule has 2 aliphatic rings. The van der Waals surface area contributed by atoms with Gasteiger partial charge in [0.05, 0.1) is 12.1 Å². The lowest BCUT2D eigenvalue weighted by molar-refractivity contribution is -0.121. The number of benzene rings is 2. The van der Waals surface area contributed by atoms with E-state index in [1.807, 2.05) is 30.3 Å². The molecule has 1 fully saturated rings. The van der Waals surface area contributed by atoms with E-state index in [1.165, 1.54) is 0 Å². The largest absolute Gasteiger partial charge is 0.496 e. The summed E-state index contributed by atoms with van der Waals surface area (Å²) in [4.78, 5) is 26.4. The van der Waals surface area contributed by atoms with Gasteiger partial charge in [-0.1, -0.05) is 30.3 Å². The molecule has 2 aromatic carbocycles. The van der Waals surface area contributed by atoms with Crippen molar-refractivity contribution in [3.05, 3.63) is 64.2 Å². The van der Waals surface area contributed by atoms with Crippen LogP contribution in [0.3, 0.4) is 0 Å². The number of carbonyl (C=O) groups excluding carboxylic acids is 2. The molecular weight excluding hydrogens is 460 g/mol. The Morgan fingerprint density at radius 3 is 2.66 bits per heavy atom. The lowest BCUT2D eigenvalue weighted by Crippen LogP contribution is -2.28. The molecule has 0 saturated heterocycles. The molecule has 1 amide bonds. The van der Waals surface area contributed by atoms with E-state index < -0.39 is 0 Å². The van der Waals surface area contributed by atoms with Crippen molar-refractivity contribution in [3.8, 4) is 5.75 Å². The number of nitrogens with one attached hydrogen (secondary N) is 1. The summed E-state index contributed by atoms with van der Waals surface area (Å²) in [5.74, 6) is 1.36. The highest BCUT2D eigenvalue weighted by Crippen LogP contribution is 2.39. The fourth-order valence-electron chi connectivity index (χ4n) is 5.76. The molecule has 1 saturated carbocycles. The number of carbonyl (C=O) groups is 2. The fourth-order valence-corrected chi connectivity index (χ4v) is 6.03. The van der Waals surface area contributed by atoms with E-state index >= 15 is 0 Å². The minimum absolute atomic E-state index is 0.00649. The zero-order valence-corrected chi connectivity index (χ0v) is 21.2. The first-order valence-electron chi connectivity index (χ1n) is 12.6. The summed E-state index contributed by atoms with van der Waals surface area (Å²) in [6.45, 7) is 4.21. The summed E-state index contributed by atoms with van der Waals surface area (Å²) in [6.07, 6.45) is 8.93. The van der Waals surface area contributed by atoms with Crippen LogP contribution in [0.15, 0.2) is 36.9 Å². The van der Waals surface area contributed by atoms with E-state index in [4.69, 9.17) is 22.1 Å². The highest BCUT2D eigenvalue weighted by molar-refractivity contribution is 6.34. The summed E-state index contributed by atoms with van der Waals surface area (Å²) < 4.78 is 5.39. The first-order chi connectivity index (χ1) is 16.9. The number of nitrogens with two attached hydrogens (primary N) is 1. The Labute approximate surface area is 213 Å². The van der Waals surface area contributed by atoms with Gasteiger partial charge in [-0.15, -0.1) is 0 Å². The second-order valence-electron chi connectivity index (χ2n) is 9.82. The number of ketones is 1. The molecule has 1 atom stereocenters. The predicted molar refractivity (Wildman–Crippen MR) is 142 cm³/mol. The Morgan fingerprint density at radius 2 is 1.97 bits per heavy atom. The number of amides is 1. The maximum atomic E-state index is 13.5. The zero-order chi connectivity index (χ0) is 24.9. The van der Waals surface area contributed by atoms with Gasteiger partial charge in [0.1, 0.15) is 5.75 Å². The van der Waals surface area contributed by atoms with Gasteiger partial charge in [0.15, 0.2) is 5.78 Å². The van der Waals surface area contributed by atoms with Gasteiger partial charge in [0.25, 0.3) is 0 Å². The smallest absolute Gasteiger partial charge is 0.227 e. The van der Waals surface area contributed by atoms with Crippen molar-refractivity contribution >= 4 is 35.1 Å². The standard InChI is InChI=1S/C29H35ClN2O3/c1-3-19-11-13-23(16-26(19)35-2)32-29(34)20-9-7-18(8-10-20)15-21-5-4-6-24-22(17-31)12-14-25(30)27(24)28(21)33/h3,11-14,16,18,20-21H,1,4-10,15,17,31H2,2H3,(H,32,34). The van der Waals surface area contributed by atoms with E-state index in [-0.39, 0.29) is 23.5 Å². The molecule has 0 aliphatic heterocycles. The molecule has 1 unspecified atom stereocenters. The number of fused-ring (bicyclic) bond motifs is 1. The number of methoxy groups -OCH3 is 1. The van der Waals surface area contributed by atoms with Crippen LogP contribution < -0.4 is 15.8 Å². The SMILES string of the molecule is C=Cc1ccc(NC(=O)C2CCC(CC3CCCc4c(CN)ccc(Cl)c4C3=O)CC2)cc1OC. The number of anilines is 1. The van der Waals surface area contributed by atoms with Crippen molar-refractivity contribution in [2.75, 3.05) is 12.4 Å². The van der Waals surface area contributed by atoms with Gasteiger partial charge >= 0.3 is 0 Å². The molecule has 2 aliphatic carbocycles. The van der Waals surface area contributed by atoms with Crippen LogP contribution in [0.4, 0.5) is 5.69 Å². The van der Waals surface area contributed by atoms with Gasteiger partial charge in [-0.25, -0.2) is 0 Å². The van der Waals surface area contributed by atoms with Crippen molar-refractivity contribution in [2.45, 2.75) is 57.9 Å². The average molecular weight is 495 g/mol. The zero-order valence-electron chi connectivity index (χ0n) is 20.4. The topological polar surface area (TPSA) is 81.4 Å². The van der Waals surface area contributed by atoms with Crippen molar-refractivity contribution < 1.29 is 14.3 Å². The highest BCUT2D eigenvalue weighted by Gasteiger charge is 2.33. The average Bonchev–Trinajstić information content (AvgIpc) is 3.04. The van der Waals surface area contributed by atoms with E-state index in [9.17, 15) is 9.59 Å². The molecule has 35 heavy (non-hydrogen) atoms. The van der Waals surface area contributed by atoms with Crippen LogP contribution in [0.25, 0.3) is 6.08 Å². The van der Waals surface area contributed by atoms with Crippen LogP contribution in [-0.2, 0) is 17.8 Å². The van der Waals surface area contributed by atoms with Gasteiger partial charge in [-0.05, 0) is 86.6 Å². The Kier molecular flexibility index (Phi) is 8.30. The Hall–Kier alpha value is -2.63. The Morgan fingerprint density at radius 1 is 1.20 bits per heavy atom. The first-order valence-corrected chi connectivity index (χ1v) is 13.0. The molecule has 2 aromatic rings. The quantitative estimate of drug-likeness (QED) is 0.435. The van der Waals surface area contributed by atoms with E-state index in [0.29, 0.717) is 28.8 Å². The third kappa shape index (κ3) is 5.62. The van der Waals surface area contributed by atoms with Crippen LogP contribution in [0.5, 0.6) is 5.75 Å². The van der Waals surface area contributed by atoms with E-state index in [1.54, 1.807) is 13.2 Å². The molecule has 0 spiro atoms. The van der Waals surface area contributed by atoms with Gasteiger partial charge < -0.3 is 15.8 Å². The maximum absolute atomic E-state index is 13.5. The normalized spacial score (nSPS) is 22.1. The van der Waals surface area contributed by atoms with Crippen LogP contribution in [0.1, 0.15) is 72.0 Å². The molecule has 0 heterocycles. The second kappa shape index (κ2) is 11.4. The third-order valence-electron chi connectivity index (χ3n) is 7.73. The number of Topliss-reactive ketones (excluding diaryl/α,β-unsaturated/α-hetero) is 1. The molecule has 0 aromatic heterocycles. The molecular formula is C29H35ClN2O3. The Balaban J connectivity index is 1.35. The lowest BCUT2D eigenvalue weighted by Gasteiger charge is -2.30. The number of rotatable bonds is 7. The van der Waals surface area contributed by atoms with Gasteiger partial charge in [-0.3, -0.25) is 9.59 Å². The number of hydrogen-bond acceptors (Lipinski definition) is 4. The number of hydrogen-bond donors (Lipinski definition) is 2. The number of ether oxygens (including phenoxy) is 1. The monoisotopic (exact) mass is 494 g/mol. The van der Waals surface area contributed by atoms with Crippen LogP contribution >= 0.6 is 11.6 Å². The summed E-state index contributed by atoms with van der Waals surface area (Å²) in [7, 11) is 1.61. The van der Waals surface area contributed by atoms with E-state index in [0.717, 1.165) is 73.7 Å². The van der Waals surface area contributed by atoms with E-state index in [2.05, 4.69) is 11.9 Å². The van der Waals surface area contributed by atoms with Crippen molar-refractivity contribution in [1.29, 1.82) is 0 Å². The molecule has 0 radical (unpaired) electrons. The lowest BCUT2D eigenvalue weighted by atomic mass is 9.76. The first kappa shape index (κ1) is 25.5. The highest BCUT2D eigenvalue weighted by atomic mass is 35.5. The minimum Gasteiger partial charge on any atom is -0.496 e. The van der Waals surface area contributed by atoms with Crippen LogP contribution in [0.2, 0.25) is 5.02 Å². The fraction of sp³-hybridized carbons (Fsp3) is 0.448. The van der Waals surface area contributed by atoms with Gasteiger partial charge in [-0.2, -0.15) is 0 Å². The molecule has 5 nitrogen and oxygen atoms in total. The summed E-state index contributed by atoms with van der Waals surface area (Å²) in [6, 6.07) is 9.36. The van der Waals surface area contributed by atoms with Gasteiger partial charge in [0, 0.05) is 41.3 Å². The van der Waals surface area contributed by atoms with Crippen molar-refractivity contribution in [1.82, 2.24) is 0 Å². The van der Waals surface area contributed by atoms with Crippen molar-refractivity contribution in [3.63, 3.8) is 0 Å². The second-order valence-corrected chi connectivity index (χ2v) is 10.2. The minimum atomic E-state index is -0.0107. The molecule has 4 rings (SSSR count). The predicted octanol–water partition coefficient (Wildman–Crippen LogP) is 6.42. The molecule has 0 bridgehead atoms. The number of halogens is 1.